The summed E-state index contributed by atoms with van der Waals surface area (Å²) in [5.41, 5.74) is 30.7. The molecule has 1 aromatic carbocycles. The first-order valence-electron chi connectivity index (χ1n) is 46.0. The molecule has 0 unspecified atom stereocenters. The molecule has 0 saturated carbocycles. The highest BCUT2D eigenvalue weighted by molar-refractivity contribution is 6.02. The summed E-state index contributed by atoms with van der Waals surface area (Å²) in [6.07, 6.45) is 5.04. The maximum absolute atomic E-state index is 15.2. The molecule has 36 N–H and O–H groups in total. The van der Waals surface area contributed by atoms with Gasteiger partial charge in [0.1, 0.15) is 89.3 Å². The zero-order valence-corrected chi connectivity index (χ0v) is 78.8. The molecule has 0 bridgehead atoms. The number of carboxylic acids is 1. The quantitative estimate of drug-likeness (QED) is 0.0127. The first kappa shape index (κ1) is 118. The Bertz CT molecular complexity index is 4080. The predicted molar refractivity (Wildman–Crippen MR) is 499 cm³/mol. The molecule has 0 aromatic heterocycles. The molecule has 0 saturated heterocycles. The number of guanidine groups is 3. The Labute approximate surface area is 782 Å². The standard InChI is InChI=1S/C87H151N27O20/c1-10-11-28-57(69(90)121)103-75(127)63(38-39-66(119)120)108-73(125)60(32-26-46-99-84(93)94)107-78(130)64(49-55-34-36-56(117)37-35-55)109-74(126)58(29-19-23-43-88)104-71(123)52(5)102-81(133)87(9)42-22-18-16-14-12-13-15-17-21-41-86(8,113-65(118)40-48-97-54(7)116)82(134)110-62(30-20-24-44-89)77(129)111-67(50(2)3)79(131)101-51(4)70(122)105-59(31-25-45-98-83(91)92)72(124)106-61(33-27-47-100-85(95)96)76(128)112-68(53(6)115)80(132)114-87/h14,16,34-37,50-53,57-64,67-68,115,117H,10-13,15,17-33,38-49,88-89H2,1-9H3,(H2,90,121)(H,97,116)(H,101,131)(H,102,133)(H,103,127)(H,104,123)(H,105,122)(H,106,124)(H,107,130)(H,108,125)(H,109,126)(H,110,134)(H,111,129)(H,112,128)(H,113,118)(H,114,132)(H,119,120)(H4,91,92,98)(H4,93,94,99)(H4,95,96,100)/b16-14-/t51-,52-,53+,57-,58-,59-,60-,61-,62-,63-,64-,67-,68-,86-,87-/m0/s1. The smallest absolute Gasteiger partial charge is 0.303 e. The van der Waals surface area contributed by atoms with E-state index >= 15 is 9.59 Å². The summed E-state index contributed by atoms with van der Waals surface area (Å²) in [7, 11) is 0. The number of hydrogen-bond acceptors (Lipinski definition) is 24. The van der Waals surface area contributed by atoms with E-state index < -0.39 is 221 Å². The minimum absolute atomic E-state index is 0.00287. The second-order valence-electron chi connectivity index (χ2n) is 34.5. The number of aliphatic carboxylic acids is 1. The first-order chi connectivity index (χ1) is 63.2. The number of nitrogens with two attached hydrogens (primary N) is 6. The zero-order chi connectivity index (χ0) is 101. The van der Waals surface area contributed by atoms with Crippen molar-refractivity contribution in [2.75, 3.05) is 39.3 Å². The number of phenolic OH excluding ortho intramolecular Hbond substituents is 1. The Morgan fingerprint density at radius 3 is 1.49 bits per heavy atom. The molecule has 134 heavy (non-hydrogen) atoms. The lowest BCUT2D eigenvalue weighted by Gasteiger charge is -2.34. The number of primary amides is 1. The second kappa shape index (κ2) is 62.8. The van der Waals surface area contributed by atoms with E-state index in [2.05, 4.69) is 95.7 Å². The molecule has 1 aromatic rings. The molecular formula is C87H151N27O20. The average Bonchev–Trinajstić information content (AvgIpc) is 0.819. The highest BCUT2D eigenvalue weighted by Gasteiger charge is 2.43. The van der Waals surface area contributed by atoms with Crippen LogP contribution in [0.25, 0.3) is 0 Å². The number of aromatic hydroxyl groups is 1. The fraction of sp³-hybridized carbons (Fsp3) is 0.678. The van der Waals surface area contributed by atoms with Gasteiger partial charge in [0.05, 0.1) is 6.10 Å². The number of carbonyl (C=O) groups excluding carboxylic acids is 16. The third kappa shape index (κ3) is 46.7. The molecule has 0 radical (unpaired) electrons. The van der Waals surface area contributed by atoms with Gasteiger partial charge in [-0.1, -0.05) is 77.2 Å². The summed E-state index contributed by atoms with van der Waals surface area (Å²) in [5.74, 6) is -17.8. The predicted octanol–water partition coefficient (Wildman–Crippen LogP) is -4.23. The van der Waals surface area contributed by atoms with Crippen molar-refractivity contribution in [3.63, 3.8) is 0 Å². The van der Waals surface area contributed by atoms with Crippen LogP contribution in [0.15, 0.2) is 36.4 Å². The van der Waals surface area contributed by atoms with Gasteiger partial charge in [0.15, 0.2) is 17.9 Å². The van der Waals surface area contributed by atoms with Crippen molar-refractivity contribution < 1.29 is 96.8 Å². The van der Waals surface area contributed by atoms with Crippen molar-refractivity contribution in [2.45, 2.75) is 332 Å². The van der Waals surface area contributed by atoms with E-state index in [1.54, 1.807) is 13.8 Å². The van der Waals surface area contributed by atoms with Crippen molar-refractivity contribution in [1.82, 2.24) is 95.7 Å². The van der Waals surface area contributed by atoms with E-state index in [1.165, 1.54) is 58.9 Å². The van der Waals surface area contributed by atoms with Gasteiger partial charge in [0.2, 0.25) is 94.5 Å². The van der Waals surface area contributed by atoms with Crippen molar-refractivity contribution in [2.24, 2.45) is 40.3 Å². The summed E-state index contributed by atoms with van der Waals surface area (Å²) < 4.78 is 0. The van der Waals surface area contributed by atoms with Crippen molar-refractivity contribution in [1.29, 1.82) is 16.2 Å². The average molecular weight is 1900 g/mol. The first-order valence-corrected chi connectivity index (χ1v) is 46.0. The van der Waals surface area contributed by atoms with E-state index in [-0.39, 0.29) is 154 Å². The van der Waals surface area contributed by atoms with Gasteiger partial charge < -0.3 is 145 Å². The van der Waals surface area contributed by atoms with E-state index in [9.17, 15) is 87.2 Å². The Hall–Kier alpha value is -12.6. The van der Waals surface area contributed by atoms with Crippen LogP contribution in [0.3, 0.4) is 0 Å². The molecule has 2 rings (SSSR count). The molecule has 0 aliphatic carbocycles. The Morgan fingerprint density at radius 1 is 0.493 bits per heavy atom. The van der Waals surface area contributed by atoms with Gasteiger partial charge in [-0.25, -0.2) is 0 Å². The normalized spacial score (nSPS) is 21.3. The summed E-state index contributed by atoms with van der Waals surface area (Å²) in [4.78, 5) is 240. The Kier molecular flexibility index (Phi) is 55.0. The lowest BCUT2D eigenvalue weighted by molar-refractivity contribution is -0.139. The fourth-order valence-electron chi connectivity index (χ4n) is 14.2. The van der Waals surface area contributed by atoms with Crippen LogP contribution in [0.5, 0.6) is 5.75 Å². The largest absolute Gasteiger partial charge is 0.508 e. The lowest BCUT2D eigenvalue weighted by atomic mass is 9.91. The third-order valence-electron chi connectivity index (χ3n) is 22.2. The number of aliphatic hydroxyl groups is 1. The summed E-state index contributed by atoms with van der Waals surface area (Å²) in [6.45, 7) is 13.1. The van der Waals surface area contributed by atoms with Crippen molar-refractivity contribution >= 4 is 118 Å². The molecule has 0 fully saturated rings. The van der Waals surface area contributed by atoms with Crippen LogP contribution in [0.4, 0.5) is 0 Å². The molecule has 1 heterocycles. The molecule has 15 atom stereocenters. The maximum Gasteiger partial charge on any atom is 0.303 e. The minimum atomic E-state index is -2.05. The van der Waals surface area contributed by atoms with E-state index in [0.29, 0.717) is 69.8 Å². The van der Waals surface area contributed by atoms with Crippen molar-refractivity contribution in [3.8, 4) is 5.75 Å². The van der Waals surface area contributed by atoms with Gasteiger partial charge in [-0.3, -0.25) is 97.7 Å². The van der Waals surface area contributed by atoms with E-state index in [4.69, 9.17) is 50.6 Å². The number of allylic oxidation sites excluding steroid dienone is 2. The number of carboxylic acid groups (broad SMARTS) is 1. The number of unbranched alkanes of at least 4 members (excludes halogenated alkanes) is 3. The SMILES string of the molecule is CCCC[C@H](NC(=O)[C@H](CCC(=O)O)NC(=O)[C@H](CCCNC(=N)N)NC(=O)[C@H](Cc1ccc(O)cc1)NC(=O)[C@H](CCCCN)NC(=O)[C@H](C)NC(=O)[C@]1(C)CCC/C=C\CCCCCC[C@](C)(NC(=O)CCNC(C)=O)C(=O)N[C@@H](CCCCN)C(=O)N[C@@H](C(C)C)C(=O)N[C@@H](C)C(=O)N[C@@H](CCCNC(=N)N)C(=O)N[C@@H](CCCNC(=N)N)C(=O)N[C@@H]([C@@H](C)O)C(=O)N1)C(N)=O. The number of benzene rings is 1. The molecule has 47 nitrogen and oxygen atoms in total. The molecule has 47 heteroatoms. The number of hydrogen-bond donors (Lipinski definition) is 30. The lowest BCUT2D eigenvalue weighted by Crippen LogP contribution is -2.65. The number of amides is 16. The van der Waals surface area contributed by atoms with Gasteiger partial charge in [0.25, 0.3) is 0 Å². The molecule has 1 aliphatic heterocycles. The number of nitrogens with one attached hydrogen (secondary N) is 21. The number of phenols is 1. The second-order valence-corrected chi connectivity index (χ2v) is 34.5. The molecule has 0 spiro atoms. The Balaban J connectivity index is 2.90. The van der Waals surface area contributed by atoms with Crippen molar-refractivity contribution in [3.05, 3.63) is 42.0 Å². The number of aliphatic hydroxyl groups excluding tert-OH is 1. The highest BCUT2D eigenvalue weighted by Crippen LogP contribution is 2.22. The van der Waals surface area contributed by atoms with Gasteiger partial charge in [-0.05, 0) is 200 Å². The monoisotopic (exact) mass is 1890 g/mol. The van der Waals surface area contributed by atoms with E-state index in [0.717, 1.165) is 6.92 Å². The molecule has 16 amide bonds. The van der Waals surface area contributed by atoms with Gasteiger partial charge >= 0.3 is 5.97 Å². The van der Waals surface area contributed by atoms with Gasteiger partial charge in [-0.2, -0.15) is 0 Å². The maximum atomic E-state index is 15.2. The highest BCUT2D eigenvalue weighted by atomic mass is 16.4. The summed E-state index contributed by atoms with van der Waals surface area (Å²) in [5, 5.41) is 102. The van der Waals surface area contributed by atoms with Crippen LogP contribution < -0.4 is 130 Å². The van der Waals surface area contributed by atoms with Crippen LogP contribution in [0.1, 0.15) is 241 Å². The minimum Gasteiger partial charge on any atom is -0.508 e. The zero-order valence-electron chi connectivity index (χ0n) is 78.8. The molecular weight excluding hydrogens is 1740 g/mol. The van der Waals surface area contributed by atoms with E-state index in [1.807, 2.05) is 19.1 Å². The fourth-order valence-corrected chi connectivity index (χ4v) is 14.2. The van der Waals surface area contributed by atoms with Crippen LogP contribution in [0.2, 0.25) is 0 Å². The topological polar surface area (TPSA) is 795 Å². The van der Waals surface area contributed by atoms with Gasteiger partial charge in [-0.15, -0.1) is 0 Å². The number of rotatable bonds is 47. The summed E-state index contributed by atoms with van der Waals surface area (Å²) in [6, 6.07) is -12.8. The van der Waals surface area contributed by atoms with Crippen LogP contribution in [0, 0.1) is 22.1 Å². The third-order valence-corrected chi connectivity index (χ3v) is 22.2. The van der Waals surface area contributed by atoms with Crippen LogP contribution >= 0.6 is 0 Å². The Morgan fingerprint density at radius 2 is 0.963 bits per heavy atom. The van der Waals surface area contributed by atoms with Crippen LogP contribution in [-0.4, -0.2) is 263 Å². The summed E-state index contributed by atoms with van der Waals surface area (Å²) >= 11 is 0. The molecule has 754 valence electrons. The van der Waals surface area contributed by atoms with Crippen LogP contribution in [-0.2, 0) is 87.9 Å². The number of carbonyl (C=O) groups is 17. The molecule has 1 aliphatic rings. The van der Waals surface area contributed by atoms with Gasteiger partial charge in [0, 0.05) is 52.4 Å².